The SMILES string of the molecule is O=S(=O)(CCCO)NCC1CC1. The first kappa shape index (κ1) is 9.95. The first-order valence-electron chi connectivity index (χ1n) is 4.22. The zero-order valence-electron chi connectivity index (χ0n) is 6.99. The molecular formula is C7H15NO3S. The predicted octanol–water partition coefficient (Wildman–Crippen LogP) is -0.302. The summed E-state index contributed by atoms with van der Waals surface area (Å²) >= 11 is 0. The molecule has 0 aromatic heterocycles. The van der Waals surface area contributed by atoms with E-state index in [1.54, 1.807) is 0 Å². The minimum atomic E-state index is -3.11. The smallest absolute Gasteiger partial charge is 0.211 e. The molecule has 0 radical (unpaired) electrons. The summed E-state index contributed by atoms with van der Waals surface area (Å²) in [7, 11) is -3.11. The Balaban J connectivity index is 2.17. The van der Waals surface area contributed by atoms with Gasteiger partial charge in [-0.2, -0.15) is 0 Å². The zero-order chi connectivity index (χ0) is 9.03. The third-order valence-corrected chi connectivity index (χ3v) is 3.29. The highest BCUT2D eigenvalue weighted by molar-refractivity contribution is 7.89. The average Bonchev–Trinajstić information content (AvgIpc) is 2.81. The van der Waals surface area contributed by atoms with Crippen molar-refractivity contribution in [2.75, 3.05) is 18.9 Å². The van der Waals surface area contributed by atoms with Crippen molar-refractivity contribution in [2.45, 2.75) is 19.3 Å². The Morgan fingerprint density at radius 1 is 1.42 bits per heavy atom. The summed E-state index contributed by atoms with van der Waals surface area (Å²) < 4.78 is 24.7. The van der Waals surface area contributed by atoms with Gasteiger partial charge >= 0.3 is 0 Å². The number of aliphatic hydroxyl groups excluding tert-OH is 1. The summed E-state index contributed by atoms with van der Waals surface area (Å²) in [6.45, 7) is 0.512. The molecule has 1 aliphatic carbocycles. The largest absolute Gasteiger partial charge is 0.396 e. The van der Waals surface area contributed by atoms with E-state index in [2.05, 4.69) is 4.72 Å². The van der Waals surface area contributed by atoms with Gasteiger partial charge in [-0.1, -0.05) is 0 Å². The van der Waals surface area contributed by atoms with Gasteiger partial charge in [-0.3, -0.25) is 0 Å². The highest BCUT2D eigenvalue weighted by Gasteiger charge is 2.23. The molecule has 0 spiro atoms. The fourth-order valence-corrected chi connectivity index (χ4v) is 2.04. The molecule has 1 fully saturated rings. The summed E-state index contributed by atoms with van der Waals surface area (Å²) in [5.74, 6) is 0.602. The van der Waals surface area contributed by atoms with Crippen LogP contribution in [0.3, 0.4) is 0 Å². The molecule has 1 rings (SSSR count). The molecule has 5 heteroatoms. The fraction of sp³-hybridized carbons (Fsp3) is 1.00. The van der Waals surface area contributed by atoms with Crippen LogP contribution in [0.4, 0.5) is 0 Å². The summed E-state index contributed by atoms with van der Waals surface area (Å²) in [5, 5.41) is 8.43. The first-order valence-corrected chi connectivity index (χ1v) is 5.87. The van der Waals surface area contributed by atoms with Gasteiger partial charge in [0, 0.05) is 13.2 Å². The molecule has 1 aliphatic rings. The van der Waals surface area contributed by atoms with Crippen molar-refractivity contribution in [3.8, 4) is 0 Å². The van der Waals surface area contributed by atoms with Gasteiger partial charge < -0.3 is 5.11 Å². The molecule has 0 saturated heterocycles. The maximum atomic E-state index is 11.1. The van der Waals surface area contributed by atoms with E-state index in [-0.39, 0.29) is 12.4 Å². The molecule has 1 saturated carbocycles. The Hall–Kier alpha value is -0.130. The highest BCUT2D eigenvalue weighted by atomic mass is 32.2. The molecular weight excluding hydrogens is 178 g/mol. The van der Waals surface area contributed by atoms with Gasteiger partial charge in [0.1, 0.15) is 0 Å². The molecule has 4 nitrogen and oxygen atoms in total. The second-order valence-corrected chi connectivity index (χ2v) is 5.11. The van der Waals surface area contributed by atoms with Crippen LogP contribution in [0.25, 0.3) is 0 Å². The normalized spacial score (nSPS) is 18.1. The standard InChI is InChI=1S/C7H15NO3S/c9-4-1-5-12(10,11)8-6-7-2-3-7/h7-9H,1-6H2. The molecule has 0 heterocycles. The Kier molecular flexibility index (Phi) is 3.49. The number of aliphatic hydroxyl groups is 1. The molecule has 72 valence electrons. The van der Waals surface area contributed by atoms with Crippen molar-refractivity contribution in [3.05, 3.63) is 0 Å². The number of sulfonamides is 1. The predicted molar refractivity (Wildman–Crippen MR) is 46.2 cm³/mol. The van der Waals surface area contributed by atoms with Gasteiger partial charge in [-0.15, -0.1) is 0 Å². The van der Waals surface area contributed by atoms with Gasteiger partial charge in [0.25, 0.3) is 0 Å². The van der Waals surface area contributed by atoms with Gasteiger partial charge in [0.15, 0.2) is 0 Å². The number of hydrogen-bond donors (Lipinski definition) is 2. The maximum Gasteiger partial charge on any atom is 0.211 e. The molecule has 0 amide bonds. The van der Waals surface area contributed by atoms with Crippen LogP contribution in [0.15, 0.2) is 0 Å². The molecule has 2 N–H and O–H groups in total. The van der Waals surface area contributed by atoms with Crippen molar-refractivity contribution in [3.63, 3.8) is 0 Å². The van der Waals surface area contributed by atoms with E-state index in [1.165, 1.54) is 0 Å². The Labute approximate surface area is 73.0 Å². The molecule has 0 aromatic rings. The minimum Gasteiger partial charge on any atom is -0.396 e. The number of rotatable bonds is 6. The quantitative estimate of drug-likeness (QED) is 0.608. The van der Waals surface area contributed by atoms with Crippen LogP contribution in [0.5, 0.6) is 0 Å². The maximum absolute atomic E-state index is 11.1. The van der Waals surface area contributed by atoms with Crippen LogP contribution in [0.1, 0.15) is 19.3 Å². The van der Waals surface area contributed by atoms with Crippen molar-refractivity contribution in [2.24, 2.45) is 5.92 Å². The van der Waals surface area contributed by atoms with Crippen LogP contribution in [-0.4, -0.2) is 32.4 Å². The Morgan fingerprint density at radius 2 is 2.08 bits per heavy atom. The molecule has 12 heavy (non-hydrogen) atoms. The lowest BCUT2D eigenvalue weighted by molar-refractivity contribution is 0.295. The lowest BCUT2D eigenvalue weighted by Gasteiger charge is -2.03. The van der Waals surface area contributed by atoms with E-state index in [9.17, 15) is 8.42 Å². The molecule has 0 aromatic carbocycles. The van der Waals surface area contributed by atoms with Gasteiger partial charge in [0.2, 0.25) is 10.0 Å². The topological polar surface area (TPSA) is 66.4 Å². The molecule has 0 unspecified atom stereocenters. The van der Waals surface area contributed by atoms with E-state index in [4.69, 9.17) is 5.11 Å². The van der Waals surface area contributed by atoms with E-state index in [0.29, 0.717) is 18.9 Å². The van der Waals surface area contributed by atoms with Crippen LogP contribution in [0.2, 0.25) is 0 Å². The van der Waals surface area contributed by atoms with Crippen molar-refractivity contribution in [1.82, 2.24) is 4.72 Å². The van der Waals surface area contributed by atoms with Crippen LogP contribution < -0.4 is 4.72 Å². The van der Waals surface area contributed by atoms with E-state index in [1.807, 2.05) is 0 Å². The Bertz CT molecular complexity index is 221. The minimum absolute atomic E-state index is 0.0379. The van der Waals surface area contributed by atoms with Crippen molar-refractivity contribution >= 4 is 10.0 Å². The lowest BCUT2D eigenvalue weighted by Crippen LogP contribution is -2.28. The van der Waals surface area contributed by atoms with Crippen LogP contribution in [0, 0.1) is 5.92 Å². The third-order valence-electron chi connectivity index (χ3n) is 1.86. The fourth-order valence-electron chi connectivity index (χ4n) is 0.894. The number of hydrogen-bond acceptors (Lipinski definition) is 3. The monoisotopic (exact) mass is 193 g/mol. The summed E-state index contributed by atoms with van der Waals surface area (Å²) in [5.41, 5.74) is 0. The Morgan fingerprint density at radius 3 is 2.58 bits per heavy atom. The van der Waals surface area contributed by atoms with Crippen molar-refractivity contribution < 1.29 is 13.5 Å². The average molecular weight is 193 g/mol. The van der Waals surface area contributed by atoms with Crippen molar-refractivity contribution in [1.29, 1.82) is 0 Å². The lowest BCUT2D eigenvalue weighted by atomic mass is 10.4. The summed E-state index contributed by atoms with van der Waals surface area (Å²) in [6, 6.07) is 0. The zero-order valence-corrected chi connectivity index (χ0v) is 7.81. The first-order chi connectivity index (χ1) is 5.64. The van der Waals surface area contributed by atoms with Gasteiger partial charge in [-0.25, -0.2) is 13.1 Å². The summed E-state index contributed by atoms with van der Waals surface area (Å²) in [4.78, 5) is 0. The molecule has 0 bridgehead atoms. The highest BCUT2D eigenvalue weighted by Crippen LogP contribution is 2.27. The molecule has 0 atom stereocenters. The van der Waals surface area contributed by atoms with Crippen LogP contribution >= 0.6 is 0 Å². The molecule has 0 aliphatic heterocycles. The van der Waals surface area contributed by atoms with Crippen LogP contribution in [-0.2, 0) is 10.0 Å². The van der Waals surface area contributed by atoms with E-state index < -0.39 is 10.0 Å². The van der Waals surface area contributed by atoms with E-state index >= 15 is 0 Å². The second kappa shape index (κ2) is 4.20. The van der Waals surface area contributed by atoms with Gasteiger partial charge in [-0.05, 0) is 25.2 Å². The second-order valence-electron chi connectivity index (χ2n) is 3.19. The van der Waals surface area contributed by atoms with E-state index in [0.717, 1.165) is 12.8 Å². The summed E-state index contributed by atoms with van der Waals surface area (Å²) in [6.07, 6.45) is 2.60. The number of nitrogens with one attached hydrogen (secondary N) is 1. The van der Waals surface area contributed by atoms with Gasteiger partial charge in [0.05, 0.1) is 5.75 Å². The third kappa shape index (κ3) is 4.04.